The van der Waals surface area contributed by atoms with Gasteiger partial charge >= 0.3 is 5.97 Å². The fourth-order valence-electron chi connectivity index (χ4n) is 2.29. The molecule has 0 aliphatic rings. The molecule has 0 aromatic heterocycles. The van der Waals surface area contributed by atoms with Crippen LogP contribution in [0.5, 0.6) is 0 Å². The summed E-state index contributed by atoms with van der Waals surface area (Å²) in [7, 11) is 4.26. The maximum Gasteiger partial charge on any atom is 0.347 e. The molecule has 0 fully saturated rings. The third-order valence-corrected chi connectivity index (χ3v) is 4.19. The number of rotatable bonds is 6. The van der Waals surface area contributed by atoms with E-state index in [2.05, 4.69) is 0 Å². The predicted octanol–water partition coefficient (Wildman–Crippen LogP) is 4.18. The Morgan fingerprint density at radius 1 is 1.04 bits per heavy atom. The maximum absolute atomic E-state index is 12.7. The summed E-state index contributed by atoms with van der Waals surface area (Å²) in [4.78, 5) is 26.3. The summed E-state index contributed by atoms with van der Waals surface area (Å²) >= 11 is 12.3. The number of hydrogen-bond donors (Lipinski definition) is 0. The van der Waals surface area contributed by atoms with Crippen LogP contribution in [0.3, 0.4) is 0 Å². The number of likely N-dealkylation sites (N-methyl/N-ethyl adjacent to an activating group) is 1. The number of ether oxygens (including phenoxy) is 2. The molecule has 0 spiro atoms. The van der Waals surface area contributed by atoms with Gasteiger partial charge in [-0.2, -0.15) is 0 Å². The molecular weight excluding hydrogens is 389 g/mol. The monoisotopic (exact) mass is 407 g/mol. The molecule has 27 heavy (non-hydrogen) atoms. The van der Waals surface area contributed by atoms with Gasteiger partial charge in [-0.1, -0.05) is 53.5 Å². The zero-order chi connectivity index (χ0) is 20.0. The highest BCUT2D eigenvalue weighted by Gasteiger charge is 2.29. The predicted molar refractivity (Wildman–Crippen MR) is 105 cm³/mol. The van der Waals surface area contributed by atoms with Crippen molar-refractivity contribution in [2.45, 2.75) is 6.61 Å². The van der Waals surface area contributed by atoms with Crippen LogP contribution >= 0.6 is 23.2 Å². The molecule has 2 aromatic carbocycles. The molecule has 0 unspecified atom stereocenters. The van der Waals surface area contributed by atoms with E-state index in [-0.39, 0.29) is 23.0 Å². The van der Waals surface area contributed by atoms with Crippen molar-refractivity contribution in [1.82, 2.24) is 4.90 Å². The summed E-state index contributed by atoms with van der Waals surface area (Å²) in [6, 6.07) is 14.1. The number of methoxy groups -OCH3 is 1. The number of hydrogen-bond acceptors (Lipinski definition) is 4. The van der Waals surface area contributed by atoms with Crippen molar-refractivity contribution in [1.29, 1.82) is 0 Å². The number of esters is 1. The summed E-state index contributed by atoms with van der Waals surface area (Å²) in [5.74, 6) is -1.34. The lowest BCUT2D eigenvalue weighted by Gasteiger charge is -2.19. The molecule has 0 aliphatic heterocycles. The summed E-state index contributed by atoms with van der Waals surface area (Å²) < 4.78 is 10.7. The van der Waals surface area contributed by atoms with E-state index in [4.69, 9.17) is 32.7 Å². The van der Waals surface area contributed by atoms with Gasteiger partial charge in [0.2, 0.25) is 0 Å². The molecular formula is C20H19Cl2NO4. The first-order valence-electron chi connectivity index (χ1n) is 8.01. The van der Waals surface area contributed by atoms with Gasteiger partial charge in [-0.05, 0) is 23.8 Å². The van der Waals surface area contributed by atoms with E-state index in [0.29, 0.717) is 10.6 Å². The summed E-state index contributed by atoms with van der Waals surface area (Å²) in [6.07, 6.45) is 0. The number of amides is 1. The van der Waals surface area contributed by atoms with Crippen molar-refractivity contribution in [3.05, 3.63) is 75.3 Å². The fourth-order valence-corrected chi connectivity index (χ4v) is 2.79. The quantitative estimate of drug-likeness (QED) is 0.237. The molecule has 0 aliphatic carbocycles. The first-order chi connectivity index (χ1) is 12.8. The first-order valence-corrected chi connectivity index (χ1v) is 8.77. The van der Waals surface area contributed by atoms with E-state index in [1.165, 1.54) is 32.2 Å². The molecule has 142 valence electrons. The molecule has 1 amide bonds. The standard InChI is InChI=1S/C20H19Cl2NO4/c1-23(2)19(24)17(20(25)26-3)18(15-10-9-14(21)11-16(15)22)27-12-13-7-5-4-6-8-13/h4-11H,12H2,1-3H3. The van der Waals surface area contributed by atoms with Crippen molar-refractivity contribution in [3.63, 3.8) is 0 Å². The van der Waals surface area contributed by atoms with Gasteiger partial charge in [0.05, 0.1) is 12.1 Å². The summed E-state index contributed by atoms with van der Waals surface area (Å²) in [5.41, 5.74) is 0.983. The Hall–Kier alpha value is -2.50. The normalized spacial score (nSPS) is 11.4. The smallest absolute Gasteiger partial charge is 0.347 e. The lowest BCUT2D eigenvalue weighted by atomic mass is 10.1. The van der Waals surface area contributed by atoms with E-state index in [9.17, 15) is 9.59 Å². The lowest BCUT2D eigenvalue weighted by Crippen LogP contribution is -2.29. The second kappa shape index (κ2) is 9.44. The van der Waals surface area contributed by atoms with Crippen molar-refractivity contribution < 1.29 is 19.1 Å². The Morgan fingerprint density at radius 2 is 1.70 bits per heavy atom. The third-order valence-electron chi connectivity index (χ3n) is 3.64. The Bertz CT molecular complexity index is 864. The average molecular weight is 408 g/mol. The first kappa shape index (κ1) is 20.8. The van der Waals surface area contributed by atoms with Crippen LogP contribution in [0, 0.1) is 0 Å². The van der Waals surface area contributed by atoms with Crippen LogP contribution in [-0.2, 0) is 25.7 Å². The van der Waals surface area contributed by atoms with Gasteiger partial charge in [0.15, 0.2) is 5.57 Å². The van der Waals surface area contributed by atoms with Crippen LogP contribution in [0.1, 0.15) is 11.1 Å². The molecule has 0 bridgehead atoms. The van der Waals surface area contributed by atoms with Gasteiger partial charge in [-0.3, -0.25) is 4.79 Å². The minimum Gasteiger partial charge on any atom is -0.487 e. The molecule has 7 heteroatoms. The second-order valence-electron chi connectivity index (χ2n) is 5.79. The Labute approximate surface area is 168 Å². The van der Waals surface area contributed by atoms with Gasteiger partial charge in [0, 0.05) is 24.7 Å². The van der Waals surface area contributed by atoms with Crippen LogP contribution in [0.2, 0.25) is 10.0 Å². The van der Waals surface area contributed by atoms with E-state index in [0.717, 1.165) is 5.56 Å². The number of nitrogens with zero attached hydrogens (tertiary/aromatic N) is 1. The van der Waals surface area contributed by atoms with Gasteiger partial charge in [-0.15, -0.1) is 0 Å². The fraction of sp³-hybridized carbons (Fsp3) is 0.200. The van der Waals surface area contributed by atoms with Crippen LogP contribution in [-0.4, -0.2) is 38.0 Å². The van der Waals surface area contributed by atoms with E-state index < -0.39 is 11.9 Å². The highest BCUT2D eigenvalue weighted by molar-refractivity contribution is 6.36. The van der Waals surface area contributed by atoms with Gasteiger partial charge in [0.1, 0.15) is 12.4 Å². The summed E-state index contributed by atoms with van der Waals surface area (Å²) in [6.45, 7) is 0.135. The van der Waals surface area contributed by atoms with Crippen molar-refractivity contribution in [3.8, 4) is 0 Å². The second-order valence-corrected chi connectivity index (χ2v) is 6.64. The molecule has 5 nitrogen and oxygen atoms in total. The largest absolute Gasteiger partial charge is 0.487 e. The van der Waals surface area contributed by atoms with Crippen molar-refractivity contribution in [2.75, 3.05) is 21.2 Å². The molecule has 0 radical (unpaired) electrons. The van der Waals surface area contributed by atoms with Crippen LogP contribution in [0.4, 0.5) is 0 Å². The van der Waals surface area contributed by atoms with E-state index in [1.54, 1.807) is 12.1 Å². The molecule has 0 saturated carbocycles. The SMILES string of the molecule is COC(=O)C(C(=O)N(C)C)=C(OCc1ccccc1)c1ccc(Cl)cc1Cl. The van der Waals surface area contributed by atoms with Gasteiger partial charge in [-0.25, -0.2) is 4.79 Å². The minimum atomic E-state index is -0.817. The zero-order valence-corrected chi connectivity index (χ0v) is 16.7. The molecule has 0 N–H and O–H groups in total. The minimum absolute atomic E-state index is 0.0334. The van der Waals surface area contributed by atoms with Crippen molar-refractivity contribution in [2.24, 2.45) is 0 Å². The maximum atomic E-state index is 12.7. The van der Waals surface area contributed by atoms with Crippen LogP contribution in [0.15, 0.2) is 54.1 Å². The van der Waals surface area contributed by atoms with Crippen LogP contribution < -0.4 is 0 Å². The number of benzene rings is 2. The zero-order valence-electron chi connectivity index (χ0n) is 15.2. The Kier molecular flexibility index (Phi) is 7.28. The highest BCUT2D eigenvalue weighted by Crippen LogP contribution is 2.31. The molecule has 0 saturated heterocycles. The van der Waals surface area contributed by atoms with Crippen LogP contribution in [0.25, 0.3) is 5.76 Å². The molecule has 0 atom stereocenters. The molecule has 2 aromatic rings. The molecule has 2 rings (SSSR count). The van der Waals surface area contributed by atoms with Gasteiger partial charge in [0.25, 0.3) is 5.91 Å². The topological polar surface area (TPSA) is 55.8 Å². The Morgan fingerprint density at radius 3 is 2.26 bits per heavy atom. The number of carbonyl (C=O) groups excluding carboxylic acids is 2. The van der Waals surface area contributed by atoms with E-state index in [1.807, 2.05) is 30.3 Å². The third kappa shape index (κ3) is 5.25. The number of carbonyl (C=O) groups is 2. The summed E-state index contributed by atoms with van der Waals surface area (Å²) in [5, 5.41) is 0.670. The Balaban J connectivity index is 2.61. The van der Waals surface area contributed by atoms with Gasteiger partial charge < -0.3 is 14.4 Å². The van der Waals surface area contributed by atoms with Crippen molar-refractivity contribution >= 4 is 40.8 Å². The lowest BCUT2D eigenvalue weighted by molar-refractivity contribution is -0.139. The number of halogens is 2. The average Bonchev–Trinajstić information content (AvgIpc) is 2.65. The van der Waals surface area contributed by atoms with E-state index >= 15 is 0 Å². The molecule has 0 heterocycles. The highest BCUT2D eigenvalue weighted by atomic mass is 35.5.